The number of nitriles is 1. The van der Waals surface area contributed by atoms with Gasteiger partial charge in [-0.3, -0.25) is 0 Å². The van der Waals surface area contributed by atoms with Crippen LogP contribution in [-0.2, 0) is 4.57 Å². The molecule has 0 radical (unpaired) electrons. The van der Waals surface area contributed by atoms with E-state index in [4.69, 9.17) is 5.26 Å². The molecule has 0 aliphatic heterocycles. The number of hydrogen-bond donors (Lipinski definition) is 3. The van der Waals surface area contributed by atoms with Crippen LogP contribution in [0.1, 0.15) is 62.6 Å². The van der Waals surface area contributed by atoms with Crippen molar-refractivity contribution in [1.29, 1.82) is 5.26 Å². The summed E-state index contributed by atoms with van der Waals surface area (Å²) in [5.74, 6) is 0.252. The van der Waals surface area contributed by atoms with Gasteiger partial charge in [-0.1, -0.05) is 31.4 Å². The topological polar surface area (TPSA) is 93.3 Å². The van der Waals surface area contributed by atoms with Gasteiger partial charge in [-0.2, -0.15) is 10.2 Å². The predicted molar refractivity (Wildman–Crippen MR) is 98.4 cm³/mol. The van der Waals surface area contributed by atoms with E-state index in [-0.39, 0.29) is 17.6 Å². The minimum Gasteiger partial charge on any atom is -0.392 e. The number of aliphatic hydroxyl groups excluding tert-OH is 1. The number of nitrogens with one attached hydrogen (secondary N) is 1. The van der Waals surface area contributed by atoms with Gasteiger partial charge in [0.1, 0.15) is 0 Å². The Kier molecular flexibility index (Phi) is 7.99. The summed E-state index contributed by atoms with van der Waals surface area (Å²) in [6.45, 7) is 2.35. The first-order valence-corrected chi connectivity index (χ1v) is 10.4. The van der Waals surface area contributed by atoms with Crippen LogP contribution in [0.5, 0.6) is 0 Å². The van der Waals surface area contributed by atoms with Crippen molar-refractivity contribution in [1.82, 2.24) is 5.32 Å². The summed E-state index contributed by atoms with van der Waals surface area (Å²) in [6, 6.07) is 9.51. The molecule has 0 heterocycles. The third kappa shape index (κ3) is 6.17. The molecule has 0 bridgehead atoms. The molecule has 5 nitrogen and oxygen atoms in total. The third-order valence-electron chi connectivity index (χ3n) is 5.17. The normalized spacial score (nSPS) is 19.7. The Balaban J connectivity index is 1.86. The highest BCUT2D eigenvalue weighted by molar-refractivity contribution is 7.38. The number of aliphatic hydroxyl groups is 1. The third-order valence-corrected chi connectivity index (χ3v) is 6.37. The molecule has 4 atom stereocenters. The minimum absolute atomic E-state index is 0.000954. The van der Waals surface area contributed by atoms with Crippen LogP contribution in [0.3, 0.4) is 0 Å². The Bertz CT molecular complexity index is 611. The molecule has 2 rings (SSSR count). The molecule has 1 fully saturated rings. The summed E-state index contributed by atoms with van der Waals surface area (Å²) in [4.78, 5) is 9.67. The molecule has 0 amide bonds. The van der Waals surface area contributed by atoms with Crippen molar-refractivity contribution in [2.24, 2.45) is 5.92 Å². The smallest absolute Gasteiger partial charge is 0.392 e. The summed E-state index contributed by atoms with van der Waals surface area (Å²) < 4.78 is 11.8. The molecule has 1 saturated carbocycles. The lowest BCUT2D eigenvalue weighted by Gasteiger charge is -2.25. The Morgan fingerprint density at radius 1 is 1.36 bits per heavy atom. The van der Waals surface area contributed by atoms with Crippen LogP contribution in [-0.4, -0.2) is 28.3 Å². The van der Waals surface area contributed by atoms with E-state index >= 15 is 0 Å². The molecule has 136 valence electrons. The Morgan fingerprint density at radius 3 is 2.72 bits per heavy atom. The highest BCUT2D eigenvalue weighted by Crippen LogP contribution is 2.40. The molecule has 1 aromatic rings. The van der Waals surface area contributed by atoms with Gasteiger partial charge in [0, 0.05) is 24.9 Å². The van der Waals surface area contributed by atoms with Crippen LogP contribution in [0, 0.1) is 17.2 Å². The SMILES string of the molecule is C[C@@H](NC[C@@H](O)CC(C1CCCCC1)[P+](=O)O)c1cccc(C#N)c1. The van der Waals surface area contributed by atoms with Crippen molar-refractivity contribution in [2.45, 2.75) is 63.3 Å². The summed E-state index contributed by atoms with van der Waals surface area (Å²) in [6.07, 6.45) is 5.12. The van der Waals surface area contributed by atoms with Crippen molar-refractivity contribution < 1.29 is 14.6 Å². The minimum atomic E-state index is -2.27. The summed E-state index contributed by atoms with van der Waals surface area (Å²) in [7, 11) is -2.27. The zero-order chi connectivity index (χ0) is 18.2. The van der Waals surface area contributed by atoms with Gasteiger partial charge in [-0.25, -0.2) is 0 Å². The zero-order valence-electron chi connectivity index (χ0n) is 14.8. The van der Waals surface area contributed by atoms with Crippen LogP contribution in [0.2, 0.25) is 0 Å². The van der Waals surface area contributed by atoms with Gasteiger partial charge < -0.3 is 10.4 Å². The summed E-state index contributed by atoms with van der Waals surface area (Å²) in [5, 5.41) is 22.6. The van der Waals surface area contributed by atoms with E-state index in [1.54, 1.807) is 6.07 Å². The van der Waals surface area contributed by atoms with Gasteiger partial charge >= 0.3 is 8.03 Å². The number of benzene rings is 1. The fourth-order valence-corrected chi connectivity index (χ4v) is 4.73. The number of nitrogens with zero attached hydrogens (tertiary/aromatic N) is 1. The van der Waals surface area contributed by atoms with Crippen LogP contribution in [0.15, 0.2) is 24.3 Å². The van der Waals surface area contributed by atoms with Crippen LogP contribution in [0.4, 0.5) is 0 Å². The first-order chi connectivity index (χ1) is 12.0. The Morgan fingerprint density at radius 2 is 2.08 bits per heavy atom. The monoisotopic (exact) mass is 363 g/mol. The maximum absolute atomic E-state index is 11.8. The van der Waals surface area contributed by atoms with E-state index in [0.29, 0.717) is 18.5 Å². The van der Waals surface area contributed by atoms with Gasteiger partial charge in [0.15, 0.2) is 5.66 Å². The predicted octanol–water partition coefficient (Wildman–Crippen LogP) is 3.64. The van der Waals surface area contributed by atoms with E-state index in [9.17, 15) is 14.6 Å². The molecule has 3 N–H and O–H groups in total. The van der Waals surface area contributed by atoms with E-state index in [0.717, 1.165) is 31.2 Å². The molecule has 2 unspecified atom stereocenters. The molecule has 25 heavy (non-hydrogen) atoms. The molecule has 0 spiro atoms. The lowest BCUT2D eigenvalue weighted by molar-refractivity contribution is 0.144. The molecule has 6 heteroatoms. The van der Waals surface area contributed by atoms with E-state index < -0.39 is 14.1 Å². The number of rotatable bonds is 8. The molecular formula is C19H28N2O3P+. The van der Waals surface area contributed by atoms with Gasteiger partial charge in [-0.05, 0) is 42.0 Å². The first-order valence-electron chi connectivity index (χ1n) is 9.08. The summed E-state index contributed by atoms with van der Waals surface area (Å²) in [5.41, 5.74) is 1.29. The second-order valence-corrected chi connectivity index (χ2v) is 8.29. The quantitative estimate of drug-likeness (QED) is 0.613. The number of hydrogen-bond acceptors (Lipinski definition) is 4. The van der Waals surface area contributed by atoms with Crippen LogP contribution < -0.4 is 5.32 Å². The molecule has 0 saturated heterocycles. The van der Waals surface area contributed by atoms with Crippen molar-refractivity contribution in [3.8, 4) is 6.07 Å². The average molecular weight is 363 g/mol. The second-order valence-electron chi connectivity index (χ2n) is 7.02. The Hall–Kier alpha value is -1.31. The van der Waals surface area contributed by atoms with Gasteiger partial charge in [0.25, 0.3) is 0 Å². The lowest BCUT2D eigenvalue weighted by Crippen LogP contribution is -2.33. The highest BCUT2D eigenvalue weighted by atomic mass is 31.1. The van der Waals surface area contributed by atoms with E-state index in [1.165, 1.54) is 6.42 Å². The maximum atomic E-state index is 11.8. The van der Waals surface area contributed by atoms with Crippen LogP contribution >= 0.6 is 8.03 Å². The van der Waals surface area contributed by atoms with Crippen molar-refractivity contribution in [3.63, 3.8) is 0 Å². The average Bonchev–Trinajstić information content (AvgIpc) is 2.64. The van der Waals surface area contributed by atoms with E-state index in [1.807, 2.05) is 25.1 Å². The van der Waals surface area contributed by atoms with Gasteiger partial charge in [-0.15, -0.1) is 0 Å². The zero-order valence-corrected chi connectivity index (χ0v) is 15.7. The maximum Gasteiger partial charge on any atom is 0.509 e. The molecule has 0 aromatic heterocycles. The van der Waals surface area contributed by atoms with Gasteiger partial charge in [0.2, 0.25) is 0 Å². The van der Waals surface area contributed by atoms with Gasteiger partial charge in [0.05, 0.1) is 17.7 Å². The fourth-order valence-electron chi connectivity index (χ4n) is 3.65. The van der Waals surface area contributed by atoms with Crippen molar-refractivity contribution >= 4 is 8.03 Å². The Labute approximate surface area is 150 Å². The molecular weight excluding hydrogens is 335 g/mol. The van der Waals surface area contributed by atoms with Crippen molar-refractivity contribution in [3.05, 3.63) is 35.4 Å². The highest BCUT2D eigenvalue weighted by Gasteiger charge is 2.39. The summed E-state index contributed by atoms with van der Waals surface area (Å²) >= 11 is 0. The fraction of sp³-hybridized carbons (Fsp3) is 0.632. The van der Waals surface area contributed by atoms with Crippen LogP contribution in [0.25, 0.3) is 0 Å². The second kappa shape index (κ2) is 9.99. The van der Waals surface area contributed by atoms with E-state index in [2.05, 4.69) is 11.4 Å². The first kappa shape index (κ1) is 20.0. The molecule has 1 aliphatic rings. The standard InChI is InChI=1S/C19H27N2O3P/c1-14(17-9-5-6-15(10-17)12-20)21-13-18(22)11-19(25(23)24)16-7-3-2-4-8-16/h5-6,9-10,14,16,18-19,21-22H,2-4,7-8,11,13H2,1H3/p+1/t14-,18+,19?/m1/s1. The molecule has 1 aromatic carbocycles. The lowest BCUT2D eigenvalue weighted by atomic mass is 9.85. The molecule has 1 aliphatic carbocycles. The van der Waals surface area contributed by atoms with Crippen molar-refractivity contribution in [2.75, 3.05) is 6.54 Å². The largest absolute Gasteiger partial charge is 0.509 e.